The van der Waals surface area contributed by atoms with Gasteiger partial charge in [0.1, 0.15) is 0 Å². The van der Waals surface area contributed by atoms with Crippen LogP contribution in [0.15, 0.2) is 48.5 Å². The van der Waals surface area contributed by atoms with Crippen molar-refractivity contribution >= 4 is 34.7 Å². The molecule has 0 saturated carbocycles. The van der Waals surface area contributed by atoms with Crippen molar-refractivity contribution < 1.29 is 9.53 Å². The highest BCUT2D eigenvalue weighted by atomic mass is 35.5. The second kappa shape index (κ2) is 7.46. The van der Waals surface area contributed by atoms with Crippen molar-refractivity contribution in [2.24, 2.45) is 0 Å². The molecule has 3 nitrogen and oxygen atoms in total. The van der Waals surface area contributed by atoms with Crippen LogP contribution < -0.4 is 5.32 Å². The highest BCUT2D eigenvalue weighted by Crippen LogP contribution is 2.23. The number of carbonyl (C=O) groups excluding carboxylic acids is 1. The van der Waals surface area contributed by atoms with Crippen molar-refractivity contribution in [3.63, 3.8) is 0 Å². The van der Waals surface area contributed by atoms with E-state index in [1.54, 1.807) is 30.3 Å². The summed E-state index contributed by atoms with van der Waals surface area (Å²) in [6.45, 7) is 2.24. The number of hydrogen-bond donors (Lipinski definition) is 1. The van der Waals surface area contributed by atoms with Crippen molar-refractivity contribution in [3.8, 4) is 0 Å². The summed E-state index contributed by atoms with van der Waals surface area (Å²) >= 11 is 11.9. The van der Waals surface area contributed by atoms with E-state index >= 15 is 0 Å². The smallest absolute Gasteiger partial charge is 0.212 e. The lowest BCUT2D eigenvalue weighted by atomic mass is 10.1. The number of hydrogen-bond acceptors (Lipinski definition) is 3. The zero-order valence-corrected chi connectivity index (χ0v) is 13.0. The number of anilines is 1. The monoisotopic (exact) mass is 323 g/mol. The second-order valence-electron chi connectivity index (χ2n) is 4.37. The molecular formula is C16H15Cl2NO2. The van der Waals surface area contributed by atoms with Crippen LogP contribution in [-0.4, -0.2) is 18.6 Å². The van der Waals surface area contributed by atoms with Gasteiger partial charge in [0, 0.05) is 27.9 Å². The van der Waals surface area contributed by atoms with Gasteiger partial charge in [-0.15, -0.1) is 0 Å². The van der Waals surface area contributed by atoms with Crippen LogP contribution in [0.2, 0.25) is 10.0 Å². The minimum absolute atomic E-state index is 0.145. The van der Waals surface area contributed by atoms with Gasteiger partial charge in [0.25, 0.3) is 0 Å². The quantitative estimate of drug-likeness (QED) is 0.621. The fraction of sp³-hybridized carbons (Fsp3) is 0.188. The second-order valence-corrected chi connectivity index (χ2v) is 5.24. The first kappa shape index (κ1) is 15.8. The van der Waals surface area contributed by atoms with E-state index in [1.807, 2.05) is 25.1 Å². The van der Waals surface area contributed by atoms with Crippen molar-refractivity contribution in [2.45, 2.75) is 13.2 Å². The molecule has 110 valence electrons. The van der Waals surface area contributed by atoms with E-state index in [0.717, 1.165) is 0 Å². The number of halogens is 2. The molecule has 1 N–H and O–H groups in total. The highest BCUT2D eigenvalue weighted by Gasteiger charge is 2.20. The molecule has 0 heterocycles. The number of Topliss-reactive ketones (excluding diaryl/α,β-unsaturated/α-hetero) is 1. The van der Waals surface area contributed by atoms with Crippen molar-refractivity contribution in [3.05, 3.63) is 64.1 Å². The summed E-state index contributed by atoms with van der Waals surface area (Å²) in [6, 6.07) is 14.0. The summed E-state index contributed by atoms with van der Waals surface area (Å²) < 4.78 is 5.50. The van der Waals surface area contributed by atoms with Crippen LogP contribution >= 0.6 is 23.2 Å². The van der Waals surface area contributed by atoms with E-state index < -0.39 is 6.23 Å². The molecule has 0 aromatic heterocycles. The van der Waals surface area contributed by atoms with Crippen molar-refractivity contribution in [1.82, 2.24) is 0 Å². The van der Waals surface area contributed by atoms with Gasteiger partial charge in [-0.2, -0.15) is 0 Å². The Morgan fingerprint density at radius 3 is 2.33 bits per heavy atom. The predicted octanol–water partition coefficient (Wildman–Crippen LogP) is 4.65. The maximum Gasteiger partial charge on any atom is 0.212 e. The van der Waals surface area contributed by atoms with E-state index in [2.05, 4.69) is 5.32 Å². The average molecular weight is 324 g/mol. The molecule has 21 heavy (non-hydrogen) atoms. The summed E-state index contributed by atoms with van der Waals surface area (Å²) in [4.78, 5) is 12.5. The van der Waals surface area contributed by atoms with Gasteiger partial charge in [0.2, 0.25) is 5.78 Å². The largest absolute Gasteiger partial charge is 0.354 e. The molecule has 2 aromatic carbocycles. The first-order chi connectivity index (χ1) is 10.1. The lowest BCUT2D eigenvalue weighted by Crippen LogP contribution is -2.32. The Balaban J connectivity index is 2.21. The zero-order valence-electron chi connectivity index (χ0n) is 11.5. The molecule has 1 atom stereocenters. The molecule has 0 fully saturated rings. The number of rotatable bonds is 6. The third-order valence-electron chi connectivity index (χ3n) is 2.79. The summed E-state index contributed by atoms with van der Waals surface area (Å²) in [5, 5.41) is 4.01. The van der Waals surface area contributed by atoms with Crippen LogP contribution in [0.25, 0.3) is 0 Å². The third kappa shape index (κ3) is 4.46. The maximum atomic E-state index is 12.5. The van der Waals surface area contributed by atoms with Gasteiger partial charge in [-0.1, -0.05) is 53.5 Å². The first-order valence-electron chi connectivity index (χ1n) is 6.53. The molecular weight excluding hydrogens is 309 g/mol. The lowest BCUT2D eigenvalue weighted by molar-refractivity contribution is 0.0549. The molecule has 0 saturated heterocycles. The van der Waals surface area contributed by atoms with Crippen LogP contribution in [0.5, 0.6) is 0 Å². The summed E-state index contributed by atoms with van der Waals surface area (Å²) in [5.74, 6) is -0.145. The average Bonchev–Trinajstić information content (AvgIpc) is 2.46. The maximum absolute atomic E-state index is 12.5. The van der Waals surface area contributed by atoms with Crippen molar-refractivity contribution in [2.75, 3.05) is 11.9 Å². The Hall–Kier alpha value is -1.55. The topological polar surface area (TPSA) is 38.3 Å². The normalized spacial score (nSPS) is 12.0. The molecule has 2 rings (SSSR count). The van der Waals surface area contributed by atoms with E-state index in [1.165, 1.54) is 0 Å². The molecule has 0 bridgehead atoms. The SMILES string of the molecule is CCOC(Nc1cc(Cl)cc(Cl)c1)C(=O)c1ccccc1. The van der Waals surface area contributed by atoms with Crippen LogP contribution in [0, 0.1) is 0 Å². The molecule has 5 heteroatoms. The van der Waals surface area contributed by atoms with E-state index in [4.69, 9.17) is 27.9 Å². The van der Waals surface area contributed by atoms with Gasteiger partial charge in [-0.05, 0) is 25.1 Å². The number of ether oxygens (including phenoxy) is 1. The minimum atomic E-state index is -0.785. The lowest BCUT2D eigenvalue weighted by Gasteiger charge is -2.19. The molecule has 0 aliphatic carbocycles. The number of benzene rings is 2. The number of carbonyl (C=O) groups is 1. The third-order valence-corrected chi connectivity index (χ3v) is 3.23. The van der Waals surface area contributed by atoms with Gasteiger partial charge in [-0.3, -0.25) is 4.79 Å². The zero-order chi connectivity index (χ0) is 15.2. The van der Waals surface area contributed by atoms with Crippen LogP contribution in [0.4, 0.5) is 5.69 Å². The Bertz CT molecular complexity index is 597. The van der Waals surface area contributed by atoms with E-state index in [-0.39, 0.29) is 5.78 Å². The fourth-order valence-electron chi connectivity index (χ4n) is 1.89. The summed E-state index contributed by atoms with van der Waals surface area (Å²) in [7, 11) is 0. The van der Waals surface area contributed by atoms with Crippen LogP contribution in [0.1, 0.15) is 17.3 Å². The fourth-order valence-corrected chi connectivity index (χ4v) is 2.42. The Labute approximate surface area is 133 Å². The Kier molecular flexibility index (Phi) is 5.62. The number of ketones is 1. The molecule has 2 aromatic rings. The van der Waals surface area contributed by atoms with Gasteiger partial charge >= 0.3 is 0 Å². The molecule has 0 radical (unpaired) electrons. The predicted molar refractivity (Wildman–Crippen MR) is 86.3 cm³/mol. The van der Waals surface area contributed by atoms with Gasteiger partial charge in [0.15, 0.2) is 6.23 Å². The molecule has 0 spiro atoms. The minimum Gasteiger partial charge on any atom is -0.354 e. The van der Waals surface area contributed by atoms with Gasteiger partial charge in [-0.25, -0.2) is 0 Å². The molecule has 0 aliphatic rings. The Morgan fingerprint density at radius 2 is 1.76 bits per heavy atom. The van der Waals surface area contributed by atoms with E-state index in [0.29, 0.717) is 27.9 Å². The standard InChI is InChI=1S/C16H15Cl2NO2/c1-2-21-16(15(20)11-6-4-3-5-7-11)19-14-9-12(17)8-13(18)10-14/h3-10,16,19H,2H2,1H3. The Morgan fingerprint density at radius 1 is 1.14 bits per heavy atom. The molecule has 0 aliphatic heterocycles. The molecule has 1 unspecified atom stereocenters. The molecule has 0 amide bonds. The summed E-state index contributed by atoms with van der Waals surface area (Å²) in [5.41, 5.74) is 1.21. The summed E-state index contributed by atoms with van der Waals surface area (Å²) in [6.07, 6.45) is -0.785. The number of nitrogens with one attached hydrogen (secondary N) is 1. The van der Waals surface area contributed by atoms with Crippen LogP contribution in [0.3, 0.4) is 0 Å². The van der Waals surface area contributed by atoms with E-state index in [9.17, 15) is 4.79 Å². The van der Waals surface area contributed by atoms with Gasteiger partial charge in [0.05, 0.1) is 0 Å². The van der Waals surface area contributed by atoms with Crippen LogP contribution in [-0.2, 0) is 4.74 Å². The van der Waals surface area contributed by atoms with Gasteiger partial charge < -0.3 is 10.1 Å². The highest BCUT2D eigenvalue weighted by molar-refractivity contribution is 6.35. The first-order valence-corrected chi connectivity index (χ1v) is 7.29. The van der Waals surface area contributed by atoms with Crippen molar-refractivity contribution in [1.29, 1.82) is 0 Å².